The van der Waals surface area contributed by atoms with E-state index >= 15 is 0 Å². The summed E-state index contributed by atoms with van der Waals surface area (Å²) in [7, 11) is 1.95. The van der Waals surface area contributed by atoms with Crippen LogP contribution in [-0.2, 0) is 44.3 Å². The maximum Gasteiger partial charge on any atom is 0.435 e. The molecule has 46 heavy (non-hydrogen) atoms. The van der Waals surface area contributed by atoms with Gasteiger partial charge in [0.25, 0.3) is 0 Å². The lowest BCUT2D eigenvalue weighted by atomic mass is 9.81. The molecule has 1 atom stereocenters. The van der Waals surface area contributed by atoms with Gasteiger partial charge in [0.15, 0.2) is 5.69 Å². The second-order valence-corrected chi connectivity index (χ2v) is 10.4. The van der Waals surface area contributed by atoms with E-state index in [2.05, 4.69) is 5.10 Å². The van der Waals surface area contributed by atoms with Gasteiger partial charge in [0.1, 0.15) is 11.5 Å². The van der Waals surface area contributed by atoms with Gasteiger partial charge in [-0.15, -0.1) is 0 Å². The van der Waals surface area contributed by atoms with Crippen molar-refractivity contribution in [1.29, 1.82) is 5.26 Å². The number of aromatic nitrogens is 2. The second kappa shape index (κ2) is 11.9. The molecule has 2 heterocycles. The number of hydrogen-bond acceptors (Lipinski definition) is 8. The number of carbonyl (C=O) groups is 2. The van der Waals surface area contributed by atoms with Crippen molar-refractivity contribution in [3.05, 3.63) is 99.3 Å². The molecule has 2 N–H and O–H groups in total. The lowest BCUT2D eigenvalue weighted by Crippen LogP contribution is -2.41. The zero-order valence-electron chi connectivity index (χ0n) is 24.3. The van der Waals surface area contributed by atoms with Crippen molar-refractivity contribution in [3.63, 3.8) is 0 Å². The van der Waals surface area contributed by atoms with E-state index < -0.39 is 64.2 Å². The Morgan fingerprint density at radius 2 is 1.59 bits per heavy atom. The quantitative estimate of drug-likeness (QED) is 0.278. The number of carbonyl (C=O) groups excluding carboxylic acids is 2. The van der Waals surface area contributed by atoms with Gasteiger partial charge < -0.3 is 15.2 Å². The topological polar surface area (TPSA) is 123 Å². The predicted octanol–water partition coefficient (Wildman–Crippen LogP) is 5.69. The van der Waals surface area contributed by atoms with E-state index in [1.807, 2.05) is 6.07 Å². The van der Waals surface area contributed by atoms with E-state index in [0.717, 1.165) is 25.0 Å². The van der Waals surface area contributed by atoms with Crippen molar-refractivity contribution >= 4 is 17.6 Å². The van der Waals surface area contributed by atoms with Crippen LogP contribution in [0.3, 0.4) is 0 Å². The summed E-state index contributed by atoms with van der Waals surface area (Å²) in [6.45, 7) is 0. The molecule has 0 bridgehead atoms. The summed E-state index contributed by atoms with van der Waals surface area (Å²) in [5.74, 6) is -4.28. The highest BCUT2D eigenvalue weighted by molar-refractivity contribution is 6.06. The lowest BCUT2D eigenvalue weighted by molar-refractivity contribution is -0.142. The van der Waals surface area contributed by atoms with Crippen LogP contribution >= 0.6 is 0 Å². The molecule has 1 aliphatic heterocycles. The maximum absolute atomic E-state index is 14.1. The number of nitriles is 1. The molecule has 2 aliphatic rings. The summed E-state index contributed by atoms with van der Waals surface area (Å²) in [5, 5.41) is 14.1. The van der Waals surface area contributed by atoms with Crippen molar-refractivity contribution in [2.75, 3.05) is 19.1 Å². The number of nitrogens with two attached hydrogens (primary N) is 1. The minimum atomic E-state index is -4.97. The first kappa shape index (κ1) is 32.1. The largest absolute Gasteiger partial charge is 0.466 e. The van der Waals surface area contributed by atoms with Crippen LogP contribution in [-0.4, -0.2) is 35.9 Å². The number of halogens is 6. The number of rotatable bonds is 5. The van der Waals surface area contributed by atoms with Gasteiger partial charge >= 0.3 is 24.3 Å². The third-order valence-electron chi connectivity index (χ3n) is 7.83. The van der Waals surface area contributed by atoms with Crippen molar-refractivity contribution in [2.24, 2.45) is 5.73 Å². The third-order valence-corrected chi connectivity index (χ3v) is 7.83. The van der Waals surface area contributed by atoms with E-state index in [4.69, 9.17) is 15.2 Å². The van der Waals surface area contributed by atoms with Gasteiger partial charge in [-0.05, 0) is 49.4 Å². The molecule has 0 saturated carbocycles. The van der Waals surface area contributed by atoms with Gasteiger partial charge in [-0.3, -0.25) is 4.90 Å². The molecule has 5 rings (SSSR count). The molecule has 1 aromatic heterocycles. The first-order valence-corrected chi connectivity index (χ1v) is 13.8. The lowest BCUT2D eigenvalue weighted by Gasteiger charge is -2.37. The molecule has 0 amide bonds. The number of esters is 2. The van der Waals surface area contributed by atoms with Gasteiger partial charge in [-0.1, -0.05) is 30.3 Å². The Bertz CT molecular complexity index is 1820. The Morgan fingerprint density at radius 1 is 0.935 bits per heavy atom. The molecule has 2 aromatic carbocycles. The molecule has 240 valence electrons. The third kappa shape index (κ3) is 5.44. The van der Waals surface area contributed by atoms with Crippen molar-refractivity contribution < 1.29 is 45.4 Å². The van der Waals surface area contributed by atoms with Gasteiger partial charge in [0.2, 0.25) is 0 Å². The number of ether oxygens (including phenoxy) is 2. The van der Waals surface area contributed by atoms with Crippen LogP contribution < -0.4 is 10.6 Å². The highest BCUT2D eigenvalue weighted by Crippen LogP contribution is 2.46. The molecular weight excluding hydrogens is 620 g/mol. The normalized spacial score (nSPS) is 17.0. The fraction of sp³-hybridized carbons (Fsp3) is 0.290. The molecular formula is C31H25F6N5O4. The number of methoxy groups -OCH3 is 2. The zero-order chi connectivity index (χ0) is 33.6. The SMILES string of the molecule is COC(=O)C1=C(C(=O)OC)N(c2cc(C(F)(F)F)ccc2-n2nc(C(F)(F)F)c3c2CCCC3)C(N)=C(C#N)C1c1ccccc1. The smallest absolute Gasteiger partial charge is 0.435 e. The summed E-state index contributed by atoms with van der Waals surface area (Å²) in [4.78, 5) is 27.6. The predicted molar refractivity (Wildman–Crippen MR) is 150 cm³/mol. The van der Waals surface area contributed by atoms with Crippen LogP contribution in [0.5, 0.6) is 0 Å². The van der Waals surface area contributed by atoms with Gasteiger partial charge in [-0.2, -0.15) is 36.7 Å². The number of alkyl halides is 6. The summed E-state index contributed by atoms with van der Waals surface area (Å²) < 4.78 is 95.6. The fourth-order valence-corrected chi connectivity index (χ4v) is 5.85. The number of hydrogen-bond donors (Lipinski definition) is 1. The molecule has 0 spiro atoms. The van der Waals surface area contributed by atoms with E-state index in [9.17, 15) is 41.2 Å². The van der Waals surface area contributed by atoms with Crippen molar-refractivity contribution in [3.8, 4) is 11.8 Å². The molecule has 1 aliphatic carbocycles. The maximum atomic E-state index is 14.1. The molecule has 9 nitrogen and oxygen atoms in total. The standard InChI is InChI=1S/C31H25F6N5O4/c1-45-28(43)24-23(16-8-4-3-5-9-16)19(15-38)27(39)41(25(24)29(44)46-2)22-14-17(30(32,33)34)12-13-21(22)42-20-11-7-6-10-18(20)26(40-42)31(35,36)37/h3-5,8-9,12-14,23H,6-7,10-11,39H2,1-2H3. The van der Waals surface area contributed by atoms with E-state index in [1.165, 1.54) is 12.1 Å². The van der Waals surface area contributed by atoms with Crippen LogP contribution in [0.2, 0.25) is 0 Å². The zero-order valence-corrected chi connectivity index (χ0v) is 24.3. The molecule has 0 radical (unpaired) electrons. The van der Waals surface area contributed by atoms with Crippen LogP contribution in [0.4, 0.5) is 32.0 Å². The van der Waals surface area contributed by atoms with E-state index in [-0.39, 0.29) is 35.4 Å². The van der Waals surface area contributed by atoms with Crippen LogP contribution in [0.25, 0.3) is 5.69 Å². The number of allylic oxidation sites excluding steroid dienone is 1. The first-order valence-electron chi connectivity index (χ1n) is 13.8. The number of nitrogens with zero attached hydrogens (tertiary/aromatic N) is 4. The summed E-state index contributed by atoms with van der Waals surface area (Å²) >= 11 is 0. The minimum Gasteiger partial charge on any atom is -0.466 e. The van der Waals surface area contributed by atoms with E-state index in [0.29, 0.717) is 35.4 Å². The highest BCUT2D eigenvalue weighted by atomic mass is 19.4. The summed E-state index contributed by atoms with van der Waals surface area (Å²) in [6, 6.07) is 11.9. The van der Waals surface area contributed by atoms with Gasteiger partial charge in [-0.25, -0.2) is 14.3 Å². The van der Waals surface area contributed by atoms with Crippen molar-refractivity contribution in [2.45, 2.75) is 44.0 Å². The molecule has 1 unspecified atom stereocenters. The average molecular weight is 646 g/mol. The minimum absolute atomic E-state index is 0.0308. The first-order chi connectivity index (χ1) is 21.7. The molecule has 0 fully saturated rings. The van der Waals surface area contributed by atoms with Crippen molar-refractivity contribution in [1.82, 2.24) is 9.78 Å². The molecule has 15 heteroatoms. The van der Waals surface area contributed by atoms with E-state index in [1.54, 1.807) is 18.2 Å². The van der Waals surface area contributed by atoms with Crippen LogP contribution in [0.15, 0.2) is 71.2 Å². The monoisotopic (exact) mass is 645 g/mol. The molecule has 0 saturated heterocycles. The number of benzene rings is 2. The Hall–Kier alpha value is -5.26. The number of fused-ring (bicyclic) bond motifs is 1. The number of anilines is 1. The summed E-state index contributed by atoms with van der Waals surface area (Å²) in [6.07, 6.45) is -8.77. The second-order valence-electron chi connectivity index (χ2n) is 10.4. The Kier molecular flexibility index (Phi) is 8.33. The van der Waals surface area contributed by atoms with Gasteiger partial charge in [0, 0.05) is 11.3 Å². The molecule has 3 aromatic rings. The van der Waals surface area contributed by atoms with Crippen LogP contribution in [0.1, 0.15) is 46.8 Å². The Balaban J connectivity index is 1.92. The Labute approximate surface area is 258 Å². The highest BCUT2D eigenvalue weighted by Gasteiger charge is 2.45. The Morgan fingerprint density at radius 3 is 2.17 bits per heavy atom. The summed E-state index contributed by atoms with van der Waals surface area (Å²) in [5.41, 5.74) is 1.90. The van der Waals surface area contributed by atoms with Gasteiger partial charge in [0.05, 0.1) is 54.3 Å². The van der Waals surface area contributed by atoms with Crippen LogP contribution in [0, 0.1) is 11.3 Å². The fourth-order valence-electron chi connectivity index (χ4n) is 5.85. The average Bonchev–Trinajstić information content (AvgIpc) is 3.43.